The Balaban J connectivity index is 1.23. The van der Waals surface area contributed by atoms with Crippen molar-refractivity contribution in [2.45, 2.75) is 62.7 Å². The molecule has 3 aliphatic rings. The average Bonchev–Trinajstić information content (AvgIpc) is 3.53. The third-order valence-corrected chi connectivity index (χ3v) is 5.68. The molecule has 1 aliphatic carbocycles. The van der Waals surface area contributed by atoms with Gasteiger partial charge in [0.2, 0.25) is 0 Å². The molecule has 2 aliphatic heterocycles. The summed E-state index contributed by atoms with van der Waals surface area (Å²) in [5.74, 6) is -0.0682. The number of nitro groups is 1. The zero-order chi connectivity index (χ0) is 20.7. The smallest absolute Gasteiger partial charge is 0.269 e. The van der Waals surface area contributed by atoms with Gasteiger partial charge in [-0.2, -0.15) is 4.98 Å². The summed E-state index contributed by atoms with van der Waals surface area (Å²) in [4.78, 5) is 14.5. The summed E-state index contributed by atoms with van der Waals surface area (Å²) in [6.45, 7) is -0.175. The van der Waals surface area contributed by atoms with Gasteiger partial charge in [0.05, 0.1) is 11.5 Å². The van der Waals surface area contributed by atoms with E-state index in [1.54, 1.807) is 0 Å². The van der Waals surface area contributed by atoms with E-state index in [1.807, 2.05) is 0 Å². The van der Waals surface area contributed by atoms with Crippen LogP contribution in [-0.2, 0) is 25.6 Å². The maximum atomic E-state index is 10.8. The van der Waals surface area contributed by atoms with E-state index in [-0.39, 0.29) is 30.9 Å². The summed E-state index contributed by atoms with van der Waals surface area (Å²) in [5, 5.41) is 24.3. The number of benzene rings is 1. The standard InChI is InChI=1S/C19H21N3O8/c23-9-13-15-16(29-19(28-15)7-1-2-8-19)18(27-13)26-10-14-20-17(30-21-14)11-3-5-12(6-4-11)22(24)25/h3-6,13,15-16,18,23H,1-2,7-10H2/t13-,15-,16-,18-/m1/s1. The summed E-state index contributed by atoms with van der Waals surface area (Å²) in [6, 6.07) is 5.82. The van der Waals surface area contributed by atoms with Gasteiger partial charge in [-0.25, -0.2) is 0 Å². The maximum Gasteiger partial charge on any atom is 0.269 e. The first kappa shape index (κ1) is 19.5. The van der Waals surface area contributed by atoms with E-state index in [0.717, 1.165) is 25.7 Å². The molecule has 2 saturated heterocycles. The van der Waals surface area contributed by atoms with Crippen LogP contribution in [0.2, 0.25) is 0 Å². The van der Waals surface area contributed by atoms with Gasteiger partial charge in [-0.15, -0.1) is 0 Å². The van der Waals surface area contributed by atoms with Crippen molar-refractivity contribution >= 4 is 5.69 Å². The van der Waals surface area contributed by atoms with Crippen LogP contribution in [0.4, 0.5) is 5.69 Å². The molecule has 3 fully saturated rings. The number of rotatable bonds is 6. The van der Waals surface area contributed by atoms with E-state index in [0.29, 0.717) is 11.4 Å². The van der Waals surface area contributed by atoms with Crippen molar-refractivity contribution < 1.29 is 33.5 Å². The highest BCUT2D eigenvalue weighted by atomic mass is 16.8. The van der Waals surface area contributed by atoms with Crippen LogP contribution >= 0.6 is 0 Å². The SMILES string of the molecule is O=[N+]([O-])c1ccc(-c2nc(CO[C@@H]3O[C@H](CO)[C@H]4OC5(CCCC5)O[C@@H]34)no2)cc1. The Morgan fingerprint density at radius 1 is 1.20 bits per heavy atom. The zero-order valence-corrected chi connectivity index (χ0v) is 16.0. The van der Waals surface area contributed by atoms with Gasteiger partial charge in [-0.3, -0.25) is 10.1 Å². The molecule has 5 rings (SSSR count). The number of nitrogens with zero attached hydrogens (tertiary/aromatic N) is 3. The number of non-ortho nitro benzene ring substituents is 1. The van der Waals surface area contributed by atoms with E-state index in [1.165, 1.54) is 24.3 Å². The zero-order valence-electron chi connectivity index (χ0n) is 16.0. The van der Waals surface area contributed by atoms with Crippen LogP contribution < -0.4 is 0 Å². The third kappa shape index (κ3) is 3.48. The molecule has 1 aromatic heterocycles. The summed E-state index contributed by atoms with van der Waals surface area (Å²) < 4.78 is 29.1. The number of aliphatic hydroxyl groups is 1. The van der Waals surface area contributed by atoms with Crippen LogP contribution in [0.25, 0.3) is 11.5 Å². The Morgan fingerprint density at radius 2 is 1.93 bits per heavy atom. The molecule has 4 atom stereocenters. The van der Waals surface area contributed by atoms with Gasteiger partial charge in [0, 0.05) is 30.5 Å². The number of hydrogen-bond acceptors (Lipinski definition) is 10. The van der Waals surface area contributed by atoms with Gasteiger partial charge in [-0.1, -0.05) is 5.16 Å². The van der Waals surface area contributed by atoms with E-state index in [4.69, 9.17) is 23.5 Å². The summed E-state index contributed by atoms with van der Waals surface area (Å²) >= 11 is 0. The van der Waals surface area contributed by atoms with E-state index < -0.39 is 29.2 Å². The van der Waals surface area contributed by atoms with Crippen molar-refractivity contribution in [2.24, 2.45) is 0 Å². The highest BCUT2D eigenvalue weighted by molar-refractivity contribution is 5.55. The molecule has 0 bridgehead atoms. The lowest BCUT2D eigenvalue weighted by molar-refractivity contribution is -0.384. The van der Waals surface area contributed by atoms with Gasteiger partial charge in [0.1, 0.15) is 24.9 Å². The summed E-state index contributed by atoms with van der Waals surface area (Å²) in [5.41, 5.74) is 0.541. The molecule has 1 saturated carbocycles. The maximum absolute atomic E-state index is 10.8. The first-order valence-corrected chi connectivity index (χ1v) is 9.88. The predicted octanol–water partition coefficient (Wildman–Crippen LogP) is 1.93. The number of aromatic nitrogens is 2. The van der Waals surface area contributed by atoms with E-state index in [2.05, 4.69) is 10.1 Å². The second-order valence-electron chi connectivity index (χ2n) is 7.64. The molecule has 11 heteroatoms. The summed E-state index contributed by atoms with van der Waals surface area (Å²) in [7, 11) is 0. The van der Waals surface area contributed by atoms with Crippen molar-refractivity contribution in [3.05, 3.63) is 40.2 Å². The molecule has 1 aromatic carbocycles. The second-order valence-corrected chi connectivity index (χ2v) is 7.64. The Labute approximate surface area is 171 Å². The lowest BCUT2D eigenvalue weighted by atomic mass is 10.1. The van der Waals surface area contributed by atoms with Gasteiger partial charge in [0.15, 0.2) is 17.9 Å². The molecular formula is C19H21N3O8. The van der Waals surface area contributed by atoms with Crippen LogP contribution in [0.5, 0.6) is 0 Å². The van der Waals surface area contributed by atoms with Crippen molar-refractivity contribution in [3.63, 3.8) is 0 Å². The molecule has 2 aromatic rings. The molecule has 1 N–H and O–H groups in total. The van der Waals surface area contributed by atoms with Gasteiger partial charge in [-0.05, 0) is 25.0 Å². The lowest BCUT2D eigenvalue weighted by Crippen LogP contribution is -2.34. The molecule has 0 radical (unpaired) electrons. The first-order valence-electron chi connectivity index (χ1n) is 9.88. The fourth-order valence-electron chi connectivity index (χ4n) is 4.23. The Hall–Kier alpha value is -2.44. The molecule has 11 nitrogen and oxygen atoms in total. The predicted molar refractivity (Wildman–Crippen MR) is 97.9 cm³/mol. The van der Waals surface area contributed by atoms with Crippen molar-refractivity contribution in [1.29, 1.82) is 0 Å². The third-order valence-electron chi connectivity index (χ3n) is 5.68. The number of ether oxygens (including phenoxy) is 4. The van der Waals surface area contributed by atoms with E-state index >= 15 is 0 Å². The minimum atomic E-state index is -0.714. The van der Waals surface area contributed by atoms with Gasteiger partial charge >= 0.3 is 0 Å². The first-order chi connectivity index (χ1) is 14.6. The molecule has 1 spiro atoms. The van der Waals surface area contributed by atoms with Crippen LogP contribution in [0.3, 0.4) is 0 Å². The second kappa shape index (κ2) is 7.67. The van der Waals surface area contributed by atoms with Crippen LogP contribution in [0, 0.1) is 10.1 Å². The Bertz CT molecular complexity index is 911. The van der Waals surface area contributed by atoms with Crippen molar-refractivity contribution in [3.8, 4) is 11.5 Å². The molecule has 0 unspecified atom stereocenters. The van der Waals surface area contributed by atoms with Gasteiger partial charge in [0.25, 0.3) is 11.6 Å². The van der Waals surface area contributed by atoms with Crippen LogP contribution in [-0.4, -0.2) is 57.2 Å². The lowest BCUT2D eigenvalue weighted by Gasteiger charge is -2.26. The Morgan fingerprint density at radius 3 is 2.63 bits per heavy atom. The van der Waals surface area contributed by atoms with E-state index in [9.17, 15) is 15.2 Å². The molecule has 30 heavy (non-hydrogen) atoms. The highest BCUT2D eigenvalue weighted by Gasteiger charge is 2.59. The fourth-order valence-corrected chi connectivity index (χ4v) is 4.23. The number of fused-ring (bicyclic) bond motifs is 1. The fraction of sp³-hybridized carbons (Fsp3) is 0.579. The topological polar surface area (TPSA) is 139 Å². The van der Waals surface area contributed by atoms with Crippen molar-refractivity contribution in [1.82, 2.24) is 10.1 Å². The quantitative estimate of drug-likeness (QED) is 0.545. The molecular weight excluding hydrogens is 398 g/mol. The number of hydrogen-bond donors (Lipinski definition) is 1. The molecule has 3 heterocycles. The Kier molecular flexibility index (Phi) is 4.99. The largest absolute Gasteiger partial charge is 0.394 e. The van der Waals surface area contributed by atoms with Gasteiger partial charge < -0.3 is 28.6 Å². The minimum Gasteiger partial charge on any atom is -0.394 e. The van der Waals surface area contributed by atoms with Crippen molar-refractivity contribution in [2.75, 3.05) is 6.61 Å². The normalized spacial score (nSPS) is 29.5. The number of nitro benzene ring substituents is 1. The highest BCUT2D eigenvalue weighted by Crippen LogP contribution is 2.47. The molecule has 0 amide bonds. The van der Waals surface area contributed by atoms with Crippen LogP contribution in [0.15, 0.2) is 28.8 Å². The van der Waals surface area contributed by atoms with Crippen LogP contribution in [0.1, 0.15) is 31.5 Å². The summed E-state index contributed by atoms with van der Waals surface area (Å²) in [6.07, 6.45) is 1.71. The molecule has 160 valence electrons. The monoisotopic (exact) mass is 419 g/mol. The number of aliphatic hydroxyl groups excluding tert-OH is 1. The average molecular weight is 419 g/mol. The minimum absolute atomic E-state index is 0.0128.